The second kappa shape index (κ2) is 5.80. The van der Waals surface area contributed by atoms with Crippen LogP contribution in [0.5, 0.6) is 0 Å². The number of nitrogens with one attached hydrogen (secondary N) is 1. The molecule has 2 atom stereocenters. The molecule has 98 valence electrons. The Balaban J connectivity index is 1.96. The molecule has 2 unspecified atom stereocenters. The van der Waals surface area contributed by atoms with Crippen LogP contribution >= 0.6 is 15.9 Å². The molecule has 5 heteroatoms. The van der Waals surface area contributed by atoms with E-state index in [0.29, 0.717) is 16.3 Å². The van der Waals surface area contributed by atoms with E-state index in [0.717, 1.165) is 19.4 Å². The highest BCUT2D eigenvalue weighted by atomic mass is 79.9. The van der Waals surface area contributed by atoms with E-state index in [1.54, 1.807) is 6.07 Å². The van der Waals surface area contributed by atoms with Gasteiger partial charge in [-0.2, -0.15) is 0 Å². The lowest BCUT2D eigenvalue weighted by Crippen LogP contribution is -2.47. The molecule has 1 aliphatic heterocycles. The Morgan fingerprint density at radius 1 is 1.56 bits per heavy atom. The maximum Gasteiger partial charge on any atom is 0.270 e. The summed E-state index contributed by atoms with van der Waals surface area (Å²) in [6.45, 7) is 3.22. The van der Waals surface area contributed by atoms with Crippen molar-refractivity contribution in [3.63, 3.8) is 0 Å². The van der Waals surface area contributed by atoms with E-state index >= 15 is 0 Å². The predicted molar refractivity (Wildman–Crippen MR) is 74.5 cm³/mol. The third-order valence-electron chi connectivity index (χ3n) is 3.49. The Morgan fingerprint density at radius 2 is 2.33 bits per heavy atom. The lowest BCUT2D eigenvalue weighted by molar-refractivity contribution is 0.0891. The Bertz CT molecular complexity index is 438. The molecule has 1 aromatic rings. The number of halogens is 1. The number of pyridine rings is 1. The standard InChI is InChI=1S/C13H18BrN3O/c1-9-8-10(6-7-17(9)2)15-13(18)11-4-3-5-12(14)16-11/h3-5,9-10H,6-8H2,1-2H3,(H,15,18). The quantitative estimate of drug-likeness (QED) is 0.850. The Kier molecular flexibility index (Phi) is 4.35. The fraction of sp³-hybridized carbons (Fsp3) is 0.538. The molecule has 0 bridgehead atoms. The van der Waals surface area contributed by atoms with Crippen molar-refractivity contribution in [2.75, 3.05) is 13.6 Å². The first-order chi connectivity index (χ1) is 8.56. The number of hydrogen-bond donors (Lipinski definition) is 1. The van der Waals surface area contributed by atoms with Gasteiger partial charge in [0.05, 0.1) is 0 Å². The molecule has 0 aromatic carbocycles. The van der Waals surface area contributed by atoms with Crippen molar-refractivity contribution in [2.24, 2.45) is 0 Å². The lowest BCUT2D eigenvalue weighted by Gasteiger charge is -2.35. The zero-order valence-electron chi connectivity index (χ0n) is 10.7. The summed E-state index contributed by atoms with van der Waals surface area (Å²) >= 11 is 3.28. The highest BCUT2D eigenvalue weighted by Crippen LogP contribution is 2.16. The van der Waals surface area contributed by atoms with Gasteiger partial charge in [0.2, 0.25) is 0 Å². The summed E-state index contributed by atoms with van der Waals surface area (Å²) in [4.78, 5) is 18.5. The van der Waals surface area contributed by atoms with Gasteiger partial charge in [0, 0.05) is 18.6 Å². The molecule has 1 aromatic heterocycles. The molecular weight excluding hydrogens is 294 g/mol. The van der Waals surface area contributed by atoms with Crippen molar-refractivity contribution < 1.29 is 4.79 Å². The number of aromatic nitrogens is 1. The molecule has 1 amide bonds. The zero-order valence-corrected chi connectivity index (χ0v) is 12.3. The summed E-state index contributed by atoms with van der Waals surface area (Å²) < 4.78 is 0.687. The first-order valence-electron chi connectivity index (χ1n) is 6.20. The first kappa shape index (κ1) is 13.5. The van der Waals surface area contributed by atoms with Crippen LogP contribution in [0.2, 0.25) is 0 Å². The number of hydrogen-bond acceptors (Lipinski definition) is 3. The molecular formula is C13H18BrN3O. The zero-order chi connectivity index (χ0) is 13.1. The molecule has 1 N–H and O–H groups in total. The van der Waals surface area contributed by atoms with E-state index in [2.05, 4.69) is 45.1 Å². The largest absolute Gasteiger partial charge is 0.348 e. The molecule has 4 nitrogen and oxygen atoms in total. The maximum atomic E-state index is 12.0. The van der Waals surface area contributed by atoms with Gasteiger partial charge in [0.1, 0.15) is 10.3 Å². The molecule has 1 fully saturated rings. The van der Waals surface area contributed by atoms with E-state index in [4.69, 9.17) is 0 Å². The highest BCUT2D eigenvalue weighted by molar-refractivity contribution is 9.10. The average molecular weight is 312 g/mol. The summed E-state index contributed by atoms with van der Waals surface area (Å²) in [5, 5.41) is 3.06. The third-order valence-corrected chi connectivity index (χ3v) is 3.93. The second-order valence-corrected chi connectivity index (χ2v) is 5.68. The fourth-order valence-corrected chi connectivity index (χ4v) is 2.56. The molecule has 1 saturated heterocycles. The van der Waals surface area contributed by atoms with Gasteiger partial charge in [-0.25, -0.2) is 4.98 Å². The van der Waals surface area contributed by atoms with Crippen LogP contribution in [0.15, 0.2) is 22.8 Å². The molecule has 1 aliphatic rings. The fourth-order valence-electron chi connectivity index (χ4n) is 2.21. The van der Waals surface area contributed by atoms with Gasteiger partial charge in [-0.1, -0.05) is 6.07 Å². The van der Waals surface area contributed by atoms with Gasteiger partial charge in [-0.05, 0) is 54.9 Å². The van der Waals surface area contributed by atoms with E-state index in [1.165, 1.54) is 0 Å². The van der Waals surface area contributed by atoms with Gasteiger partial charge in [-0.3, -0.25) is 4.79 Å². The summed E-state index contributed by atoms with van der Waals surface area (Å²) in [6, 6.07) is 6.14. The first-order valence-corrected chi connectivity index (χ1v) is 6.99. The Morgan fingerprint density at radius 3 is 3.00 bits per heavy atom. The second-order valence-electron chi connectivity index (χ2n) is 4.87. The van der Waals surface area contributed by atoms with Crippen molar-refractivity contribution in [3.8, 4) is 0 Å². The maximum absolute atomic E-state index is 12.0. The van der Waals surface area contributed by atoms with Crippen molar-refractivity contribution >= 4 is 21.8 Å². The normalized spacial score (nSPS) is 24.8. The molecule has 0 saturated carbocycles. The Labute approximate surface area is 116 Å². The van der Waals surface area contributed by atoms with Crippen molar-refractivity contribution in [3.05, 3.63) is 28.5 Å². The van der Waals surface area contributed by atoms with Crippen LogP contribution < -0.4 is 5.32 Å². The van der Waals surface area contributed by atoms with E-state index in [1.807, 2.05) is 12.1 Å². The topological polar surface area (TPSA) is 45.2 Å². The summed E-state index contributed by atoms with van der Waals surface area (Å²) in [6.07, 6.45) is 2.00. The number of carbonyl (C=O) groups excluding carboxylic acids is 1. The summed E-state index contributed by atoms with van der Waals surface area (Å²) in [5.41, 5.74) is 0.468. The van der Waals surface area contributed by atoms with E-state index in [9.17, 15) is 4.79 Å². The number of carbonyl (C=O) groups is 1. The monoisotopic (exact) mass is 311 g/mol. The van der Waals surface area contributed by atoms with Crippen molar-refractivity contribution in [1.82, 2.24) is 15.2 Å². The Hall–Kier alpha value is -0.940. The minimum absolute atomic E-state index is 0.0851. The minimum atomic E-state index is -0.0851. The molecule has 0 spiro atoms. The molecule has 2 rings (SSSR count). The summed E-state index contributed by atoms with van der Waals surface area (Å²) in [7, 11) is 2.12. The number of amides is 1. The lowest BCUT2D eigenvalue weighted by atomic mass is 9.99. The SMILES string of the molecule is CC1CC(NC(=O)c2cccc(Br)n2)CCN1C. The molecule has 0 aliphatic carbocycles. The van der Waals surface area contributed by atoms with Gasteiger partial charge in [-0.15, -0.1) is 0 Å². The molecule has 18 heavy (non-hydrogen) atoms. The smallest absolute Gasteiger partial charge is 0.270 e. The van der Waals surface area contributed by atoms with Crippen LogP contribution in [0.1, 0.15) is 30.3 Å². The van der Waals surface area contributed by atoms with Crippen molar-refractivity contribution in [1.29, 1.82) is 0 Å². The van der Waals surface area contributed by atoms with Gasteiger partial charge >= 0.3 is 0 Å². The van der Waals surface area contributed by atoms with E-state index < -0.39 is 0 Å². The summed E-state index contributed by atoms with van der Waals surface area (Å²) in [5.74, 6) is -0.0851. The van der Waals surface area contributed by atoms with Gasteiger partial charge < -0.3 is 10.2 Å². The number of nitrogens with zero attached hydrogens (tertiary/aromatic N) is 2. The number of likely N-dealkylation sites (tertiary alicyclic amines) is 1. The van der Waals surface area contributed by atoms with Gasteiger partial charge in [0.15, 0.2) is 0 Å². The van der Waals surface area contributed by atoms with Crippen LogP contribution in [-0.4, -0.2) is 41.5 Å². The number of rotatable bonds is 2. The van der Waals surface area contributed by atoms with Crippen LogP contribution in [-0.2, 0) is 0 Å². The minimum Gasteiger partial charge on any atom is -0.348 e. The van der Waals surface area contributed by atoms with Crippen LogP contribution in [0.25, 0.3) is 0 Å². The van der Waals surface area contributed by atoms with E-state index in [-0.39, 0.29) is 11.9 Å². The number of piperidine rings is 1. The molecule has 0 radical (unpaired) electrons. The highest BCUT2D eigenvalue weighted by Gasteiger charge is 2.24. The van der Waals surface area contributed by atoms with Crippen molar-refractivity contribution in [2.45, 2.75) is 31.8 Å². The van der Waals surface area contributed by atoms with Crippen LogP contribution in [0.3, 0.4) is 0 Å². The van der Waals surface area contributed by atoms with Gasteiger partial charge in [0.25, 0.3) is 5.91 Å². The predicted octanol–water partition coefficient (Wildman–Crippen LogP) is 2.06. The molecule has 2 heterocycles. The van der Waals surface area contributed by atoms with Crippen LogP contribution in [0, 0.1) is 0 Å². The third kappa shape index (κ3) is 3.29. The van der Waals surface area contributed by atoms with Crippen LogP contribution in [0.4, 0.5) is 0 Å². The average Bonchev–Trinajstić information content (AvgIpc) is 2.34.